The molecule has 2 aliphatic heterocycles. The van der Waals surface area contributed by atoms with Gasteiger partial charge >= 0.3 is 0 Å². The normalized spacial score (nSPS) is 20.4. The molecule has 2 saturated heterocycles. The molecule has 0 saturated carbocycles. The quantitative estimate of drug-likeness (QED) is 0.507. The van der Waals surface area contributed by atoms with Crippen molar-refractivity contribution in [2.45, 2.75) is 31.1 Å². The van der Waals surface area contributed by atoms with Crippen molar-refractivity contribution in [3.8, 4) is 0 Å². The fourth-order valence-electron chi connectivity index (χ4n) is 3.76. The fourth-order valence-corrected chi connectivity index (χ4v) is 5.55. The molecule has 0 spiro atoms. The van der Waals surface area contributed by atoms with Gasteiger partial charge in [-0.05, 0) is 44.7 Å². The molecule has 1 aromatic rings. The van der Waals surface area contributed by atoms with Gasteiger partial charge in [-0.15, -0.1) is 0 Å². The summed E-state index contributed by atoms with van der Waals surface area (Å²) < 4.78 is 32.7. The van der Waals surface area contributed by atoms with E-state index in [4.69, 9.17) is 16.3 Å². The van der Waals surface area contributed by atoms with E-state index in [9.17, 15) is 18.5 Å². The Hall–Kier alpha value is -1.26. The number of halogens is 1. The lowest BCUT2D eigenvalue weighted by Crippen LogP contribution is -2.40. The van der Waals surface area contributed by atoms with Gasteiger partial charge in [0.15, 0.2) is 0 Å². The number of hydrogen-bond acceptors (Lipinski definition) is 6. The van der Waals surface area contributed by atoms with Gasteiger partial charge in [0.05, 0.1) is 28.1 Å². The maximum atomic E-state index is 13.0. The Morgan fingerprint density at radius 3 is 2.46 bits per heavy atom. The summed E-state index contributed by atoms with van der Waals surface area (Å²) in [4.78, 5) is 12.9. The van der Waals surface area contributed by atoms with Crippen molar-refractivity contribution in [2.24, 2.45) is 5.92 Å². The minimum Gasteiger partial charge on any atom is -0.379 e. The highest BCUT2D eigenvalue weighted by Gasteiger charge is 2.31. The van der Waals surface area contributed by atoms with Crippen molar-refractivity contribution >= 4 is 27.3 Å². The van der Waals surface area contributed by atoms with E-state index in [0.717, 1.165) is 58.2 Å². The second-order valence-corrected chi connectivity index (χ2v) is 9.74. The van der Waals surface area contributed by atoms with Crippen molar-refractivity contribution < 1.29 is 18.1 Å². The second kappa shape index (κ2) is 9.04. The van der Waals surface area contributed by atoms with Gasteiger partial charge in [-0.2, -0.15) is 4.31 Å². The van der Waals surface area contributed by atoms with Crippen molar-refractivity contribution in [1.82, 2.24) is 9.21 Å². The van der Waals surface area contributed by atoms with Gasteiger partial charge in [0.25, 0.3) is 5.69 Å². The Balaban J connectivity index is 1.62. The lowest BCUT2D eigenvalue weighted by atomic mass is 9.94. The van der Waals surface area contributed by atoms with E-state index >= 15 is 0 Å². The van der Waals surface area contributed by atoms with Crippen LogP contribution in [0.25, 0.3) is 0 Å². The van der Waals surface area contributed by atoms with Gasteiger partial charge in [-0.1, -0.05) is 11.6 Å². The molecule has 10 heteroatoms. The van der Waals surface area contributed by atoms with Gasteiger partial charge in [-0.3, -0.25) is 15.0 Å². The van der Waals surface area contributed by atoms with Crippen molar-refractivity contribution in [1.29, 1.82) is 0 Å². The Kier molecular flexibility index (Phi) is 6.93. The summed E-state index contributed by atoms with van der Waals surface area (Å²) in [5, 5.41) is 11.3. The molecule has 2 aliphatic rings. The molecule has 0 atom stereocenters. The number of nitrogens with zero attached hydrogens (tertiary/aromatic N) is 3. The van der Waals surface area contributed by atoms with Crippen LogP contribution in [-0.4, -0.2) is 68.5 Å². The van der Waals surface area contributed by atoms with E-state index in [2.05, 4.69) is 4.90 Å². The maximum Gasteiger partial charge on any atom is 0.275 e. The molecule has 0 aliphatic carbocycles. The van der Waals surface area contributed by atoms with Gasteiger partial charge in [0.1, 0.15) is 0 Å². The predicted molar refractivity (Wildman–Crippen MR) is 106 cm³/mol. The highest BCUT2D eigenvalue weighted by Crippen LogP contribution is 2.32. The fraction of sp³-hybridized carbons (Fsp3) is 0.667. The third kappa shape index (κ3) is 4.83. The first-order chi connectivity index (χ1) is 13.3. The minimum absolute atomic E-state index is 0.0909. The smallest absolute Gasteiger partial charge is 0.275 e. The van der Waals surface area contributed by atoms with E-state index in [1.54, 1.807) is 0 Å². The van der Waals surface area contributed by atoms with Crippen LogP contribution in [0.3, 0.4) is 0 Å². The Labute approximate surface area is 170 Å². The molecule has 3 rings (SSSR count). The van der Waals surface area contributed by atoms with Crippen molar-refractivity contribution in [3.63, 3.8) is 0 Å². The molecule has 0 amide bonds. The van der Waals surface area contributed by atoms with Crippen LogP contribution >= 0.6 is 11.6 Å². The molecule has 1 aromatic carbocycles. The first-order valence-corrected chi connectivity index (χ1v) is 11.4. The lowest BCUT2D eigenvalue weighted by molar-refractivity contribution is -0.385. The summed E-state index contributed by atoms with van der Waals surface area (Å²) in [5.41, 5.74) is -0.00101. The molecule has 2 fully saturated rings. The van der Waals surface area contributed by atoms with Gasteiger partial charge in [0.2, 0.25) is 10.0 Å². The Morgan fingerprint density at radius 1 is 1.21 bits per heavy atom. The number of piperidine rings is 1. The second-order valence-electron chi connectivity index (χ2n) is 7.40. The van der Waals surface area contributed by atoms with E-state index in [0.29, 0.717) is 19.0 Å². The maximum absolute atomic E-state index is 13.0. The van der Waals surface area contributed by atoms with Gasteiger partial charge in [-0.25, -0.2) is 8.42 Å². The highest BCUT2D eigenvalue weighted by atomic mass is 35.5. The zero-order chi connectivity index (χ0) is 20.3. The van der Waals surface area contributed by atoms with E-state index in [1.165, 1.54) is 17.3 Å². The topological polar surface area (TPSA) is 93.0 Å². The number of hydrogen-bond donors (Lipinski definition) is 0. The van der Waals surface area contributed by atoms with Crippen LogP contribution in [0.2, 0.25) is 5.02 Å². The number of ether oxygens (including phenoxy) is 1. The van der Waals surface area contributed by atoms with Crippen LogP contribution in [0.15, 0.2) is 17.0 Å². The Bertz CT molecular complexity index is 819. The summed E-state index contributed by atoms with van der Waals surface area (Å²) >= 11 is 6.05. The number of morpholine rings is 1. The molecule has 156 valence electrons. The van der Waals surface area contributed by atoms with Crippen LogP contribution in [0.5, 0.6) is 0 Å². The largest absolute Gasteiger partial charge is 0.379 e. The average Bonchev–Trinajstić information content (AvgIpc) is 2.69. The standard InChI is InChI=1S/C18H26ClN3O5S/c1-14-17(19)12-16(13-18(14)22(23)24)28(25,26)21-6-3-15(4-7-21)2-5-20-8-10-27-11-9-20/h12-13,15H,2-11H2,1H3. The van der Waals surface area contributed by atoms with E-state index in [1.807, 2.05) is 0 Å². The van der Waals surface area contributed by atoms with E-state index in [-0.39, 0.29) is 21.2 Å². The number of rotatable bonds is 6. The average molecular weight is 432 g/mol. The molecular weight excluding hydrogens is 406 g/mol. The first-order valence-electron chi connectivity index (χ1n) is 9.54. The Morgan fingerprint density at radius 2 is 1.86 bits per heavy atom. The number of benzene rings is 1. The molecule has 0 unspecified atom stereocenters. The molecule has 28 heavy (non-hydrogen) atoms. The number of nitro groups is 1. The predicted octanol–water partition coefficient (Wildman–Crippen LogP) is 2.68. The molecule has 8 nitrogen and oxygen atoms in total. The van der Waals surface area contributed by atoms with Crippen LogP contribution in [-0.2, 0) is 14.8 Å². The summed E-state index contributed by atoms with van der Waals surface area (Å²) in [5.74, 6) is 0.491. The van der Waals surface area contributed by atoms with E-state index < -0.39 is 14.9 Å². The van der Waals surface area contributed by atoms with Crippen LogP contribution in [0.4, 0.5) is 5.69 Å². The minimum atomic E-state index is -3.80. The lowest BCUT2D eigenvalue weighted by Gasteiger charge is -2.33. The number of sulfonamides is 1. The molecule has 0 bridgehead atoms. The molecule has 0 aromatic heterocycles. The van der Waals surface area contributed by atoms with Crippen molar-refractivity contribution in [2.75, 3.05) is 45.9 Å². The zero-order valence-corrected chi connectivity index (χ0v) is 17.5. The summed E-state index contributed by atoms with van der Waals surface area (Å²) in [6, 6.07) is 2.42. The van der Waals surface area contributed by atoms with Gasteiger partial charge in [0, 0.05) is 37.8 Å². The monoisotopic (exact) mass is 431 g/mol. The SMILES string of the molecule is Cc1c(Cl)cc(S(=O)(=O)N2CCC(CCN3CCOCC3)CC2)cc1[N+](=O)[O-]. The van der Waals surface area contributed by atoms with Crippen LogP contribution < -0.4 is 0 Å². The highest BCUT2D eigenvalue weighted by molar-refractivity contribution is 7.89. The van der Waals surface area contributed by atoms with Crippen LogP contribution in [0.1, 0.15) is 24.8 Å². The molecule has 2 heterocycles. The molecule has 0 radical (unpaired) electrons. The van der Waals surface area contributed by atoms with Crippen LogP contribution in [0, 0.1) is 23.0 Å². The van der Waals surface area contributed by atoms with Crippen molar-refractivity contribution in [3.05, 3.63) is 32.8 Å². The summed E-state index contributed by atoms with van der Waals surface area (Å²) in [6.07, 6.45) is 2.65. The first kappa shape index (κ1) is 21.4. The summed E-state index contributed by atoms with van der Waals surface area (Å²) in [6.45, 7) is 6.85. The van der Waals surface area contributed by atoms with Gasteiger partial charge < -0.3 is 4.74 Å². The zero-order valence-electron chi connectivity index (χ0n) is 16.0. The third-order valence-corrected chi connectivity index (χ3v) is 7.92. The molecular formula is C18H26ClN3O5S. The summed E-state index contributed by atoms with van der Waals surface area (Å²) in [7, 11) is -3.80. The molecule has 0 N–H and O–H groups in total. The third-order valence-electron chi connectivity index (χ3n) is 5.66. The number of nitro benzene ring substituents is 1.